The van der Waals surface area contributed by atoms with Gasteiger partial charge in [0.25, 0.3) is 0 Å². The Morgan fingerprint density at radius 2 is 1.56 bits per heavy atom. The number of azo groups is 1. The van der Waals surface area contributed by atoms with Crippen molar-refractivity contribution < 1.29 is 33.3 Å². The highest BCUT2D eigenvalue weighted by Crippen LogP contribution is 2.30. The second-order valence-corrected chi connectivity index (χ2v) is 4.32. The van der Waals surface area contributed by atoms with E-state index in [4.69, 9.17) is 26.5 Å². The van der Waals surface area contributed by atoms with Gasteiger partial charge in [-0.15, -0.1) is 5.11 Å². The van der Waals surface area contributed by atoms with Gasteiger partial charge in [-0.2, -0.15) is 18.3 Å². The molecule has 0 fully saturated rings. The lowest BCUT2D eigenvalue weighted by Crippen LogP contribution is -2.21. The molecule has 9 nitrogen and oxygen atoms in total. The molecule has 0 amide bonds. The minimum Gasteiger partial charge on any atom is -0.508 e. The number of benzene rings is 1. The third-order valence-corrected chi connectivity index (χ3v) is 2.40. The van der Waals surface area contributed by atoms with Crippen molar-refractivity contribution in [3.63, 3.8) is 0 Å². The molecule has 1 heterocycles. The summed E-state index contributed by atoms with van der Waals surface area (Å²) in [6.45, 7) is 0. The molecule has 0 atom stereocenters. The van der Waals surface area contributed by atoms with E-state index in [9.17, 15) is 18.3 Å². The first kappa shape index (κ1) is 19.5. The number of pyridine rings is 1. The highest BCUT2D eigenvalue weighted by molar-refractivity contribution is 5.73. The molecule has 0 aliphatic carbocycles. The first-order chi connectivity index (χ1) is 11.5. The SMILES string of the molecule is Nc1nc(N)c(N=Nc2ccc(O)cc2)cc1O.O=C(O)C(F)(F)F. The van der Waals surface area contributed by atoms with Crippen LogP contribution in [0.15, 0.2) is 40.6 Å². The first-order valence-corrected chi connectivity index (χ1v) is 6.26. The van der Waals surface area contributed by atoms with Crippen molar-refractivity contribution in [2.75, 3.05) is 11.5 Å². The summed E-state index contributed by atoms with van der Waals surface area (Å²) < 4.78 is 31.7. The lowest BCUT2D eigenvalue weighted by atomic mass is 10.3. The van der Waals surface area contributed by atoms with Crippen LogP contribution < -0.4 is 11.5 Å². The number of nitrogens with zero attached hydrogens (tertiary/aromatic N) is 3. The van der Waals surface area contributed by atoms with Crippen LogP contribution in [-0.4, -0.2) is 32.4 Å². The van der Waals surface area contributed by atoms with Gasteiger partial charge in [0.05, 0.1) is 5.69 Å². The van der Waals surface area contributed by atoms with Crippen LogP contribution in [-0.2, 0) is 4.79 Å². The maximum Gasteiger partial charge on any atom is 0.490 e. The molecule has 2 rings (SSSR count). The molecule has 0 bridgehead atoms. The molecule has 0 radical (unpaired) electrons. The summed E-state index contributed by atoms with van der Waals surface area (Å²) in [6.07, 6.45) is -5.08. The van der Waals surface area contributed by atoms with E-state index < -0.39 is 12.1 Å². The summed E-state index contributed by atoms with van der Waals surface area (Å²) in [4.78, 5) is 12.6. The lowest BCUT2D eigenvalue weighted by molar-refractivity contribution is -0.192. The summed E-state index contributed by atoms with van der Waals surface area (Å²) in [6, 6.07) is 7.41. The Balaban J connectivity index is 0.000000381. The van der Waals surface area contributed by atoms with E-state index in [-0.39, 0.29) is 28.8 Å². The highest BCUT2D eigenvalue weighted by atomic mass is 19.4. The molecule has 7 N–H and O–H groups in total. The third-order valence-electron chi connectivity index (χ3n) is 2.40. The topological polar surface area (TPSA) is 167 Å². The number of halogens is 3. The van der Waals surface area contributed by atoms with E-state index in [0.29, 0.717) is 5.69 Å². The van der Waals surface area contributed by atoms with Crippen LogP contribution in [0.5, 0.6) is 11.5 Å². The molecule has 0 unspecified atom stereocenters. The maximum atomic E-state index is 10.6. The zero-order chi connectivity index (χ0) is 19.2. The van der Waals surface area contributed by atoms with Gasteiger partial charge in [0.15, 0.2) is 17.4 Å². The molecular formula is C13H12F3N5O4. The van der Waals surface area contributed by atoms with Crippen molar-refractivity contribution in [1.29, 1.82) is 0 Å². The van der Waals surface area contributed by atoms with Gasteiger partial charge in [-0.1, -0.05) is 0 Å². The van der Waals surface area contributed by atoms with Crippen LogP contribution in [0.3, 0.4) is 0 Å². The van der Waals surface area contributed by atoms with Gasteiger partial charge >= 0.3 is 12.1 Å². The van der Waals surface area contributed by atoms with Gasteiger partial charge in [-0.3, -0.25) is 0 Å². The van der Waals surface area contributed by atoms with E-state index in [2.05, 4.69) is 15.2 Å². The molecule has 0 saturated heterocycles. The first-order valence-electron chi connectivity index (χ1n) is 6.26. The van der Waals surface area contributed by atoms with E-state index in [1.54, 1.807) is 12.1 Å². The van der Waals surface area contributed by atoms with Gasteiger partial charge in [-0.25, -0.2) is 9.78 Å². The monoisotopic (exact) mass is 359 g/mol. The normalized spacial score (nSPS) is 11.0. The number of hydrogen-bond donors (Lipinski definition) is 5. The van der Waals surface area contributed by atoms with E-state index in [1.807, 2.05) is 0 Å². The molecule has 12 heteroatoms. The molecule has 0 aliphatic heterocycles. The van der Waals surface area contributed by atoms with Crippen LogP contribution in [0.1, 0.15) is 0 Å². The number of carboxylic acid groups (broad SMARTS) is 1. The van der Waals surface area contributed by atoms with Crippen molar-refractivity contribution in [2.24, 2.45) is 10.2 Å². The molecule has 0 spiro atoms. The predicted octanol–water partition coefficient (Wildman–Crippen LogP) is 2.71. The second-order valence-electron chi connectivity index (χ2n) is 4.32. The minimum atomic E-state index is -5.08. The van der Waals surface area contributed by atoms with Crippen molar-refractivity contribution in [2.45, 2.75) is 6.18 Å². The van der Waals surface area contributed by atoms with E-state index in [0.717, 1.165) is 0 Å². The molecule has 1 aromatic heterocycles. The number of alkyl halides is 3. The van der Waals surface area contributed by atoms with Crippen LogP contribution in [0.4, 0.5) is 36.2 Å². The average Bonchev–Trinajstić information content (AvgIpc) is 2.51. The summed E-state index contributed by atoms with van der Waals surface area (Å²) in [7, 11) is 0. The Morgan fingerprint density at radius 1 is 1.04 bits per heavy atom. The van der Waals surface area contributed by atoms with Gasteiger partial charge in [0.2, 0.25) is 0 Å². The van der Waals surface area contributed by atoms with Crippen LogP contribution in [0.25, 0.3) is 0 Å². The van der Waals surface area contributed by atoms with Gasteiger partial charge in [0.1, 0.15) is 11.4 Å². The number of phenolic OH excluding ortho intramolecular Hbond substituents is 1. The summed E-state index contributed by atoms with van der Waals surface area (Å²) in [5, 5.41) is 33.3. The largest absolute Gasteiger partial charge is 0.508 e. The zero-order valence-corrected chi connectivity index (χ0v) is 12.3. The molecular weight excluding hydrogens is 347 g/mol. The number of carbonyl (C=O) groups is 1. The fourth-order valence-electron chi connectivity index (χ4n) is 1.23. The molecule has 0 aliphatic rings. The van der Waals surface area contributed by atoms with E-state index >= 15 is 0 Å². The fourth-order valence-corrected chi connectivity index (χ4v) is 1.23. The quantitative estimate of drug-likeness (QED) is 0.514. The molecule has 2 aromatic rings. The van der Waals surface area contributed by atoms with Crippen molar-refractivity contribution in [3.05, 3.63) is 30.3 Å². The number of anilines is 2. The number of aromatic hydroxyl groups is 2. The number of rotatable bonds is 2. The third kappa shape index (κ3) is 6.21. The number of hydrogen-bond acceptors (Lipinski definition) is 8. The molecule has 0 saturated carbocycles. The van der Waals surface area contributed by atoms with Crippen LogP contribution in [0, 0.1) is 0 Å². The van der Waals surface area contributed by atoms with Crippen LogP contribution in [0.2, 0.25) is 0 Å². The average molecular weight is 359 g/mol. The highest BCUT2D eigenvalue weighted by Gasteiger charge is 2.38. The Hall–Kier alpha value is -3.57. The zero-order valence-electron chi connectivity index (χ0n) is 12.3. The maximum absolute atomic E-state index is 10.6. The summed E-state index contributed by atoms with van der Waals surface area (Å²) in [5.74, 6) is -2.81. The van der Waals surface area contributed by atoms with Gasteiger partial charge in [0, 0.05) is 6.07 Å². The number of nitrogen functional groups attached to an aromatic ring is 2. The number of aromatic nitrogens is 1. The second kappa shape index (κ2) is 7.81. The van der Waals surface area contributed by atoms with E-state index in [1.165, 1.54) is 18.2 Å². The summed E-state index contributed by atoms with van der Waals surface area (Å²) >= 11 is 0. The number of phenols is 1. The van der Waals surface area contributed by atoms with Gasteiger partial charge in [-0.05, 0) is 24.3 Å². The van der Waals surface area contributed by atoms with Crippen molar-refractivity contribution >= 4 is 29.0 Å². The summed E-state index contributed by atoms with van der Waals surface area (Å²) in [5.41, 5.74) is 11.7. The smallest absolute Gasteiger partial charge is 0.490 e. The Kier molecular flexibility index (Phi) is 6.08. The Morgan fingerprint density at radius 3 is 2.04 bits per heavy atom. The van der Waals surface area contributed by atoms with Crippen molar-refractivity contribution in [3.8, 4) is 11.5 Å². The fraction of sp³-hybridized carbons (Fsp3) is 0.0769. The lowest BCUT2D eigenvalue weighted by Gasteiger charge is -2.02. The molecule has 134 valence electrons. The number of nitrogens with two attached hydrogens (primary N) is 2. The minimum absolute atomic E-state index is 0.0592. The molecule has 25 heavy (non-hydrogen) atoms. The van der Waals surface area contributed by atoms with Gasteiger partial charge < -0.3 is 26.8 Å². The predicted molar refractivity (Wildman–Crippen MR) is 80.7 cm³/mol. The standard InChI is InChI=1S/C11H11N5O2.C2HF3O2/c12-10-8(5-9(18)11(13)14-10)16-15-6-1-3-7(17)4-2-6;3-2(4,5)1(6)7/h1-5,17-18H,(H4,12,13,14);(H,6,7). The van der Waals surface area contributed by atoms with Crippen molar-refractivity contribution in [1.82, 2.24) is 4.98 Å². The Labute approximate surface area is 138 Å². The molecule has 1 aromatic carbocycles. The number of carboxylic acids is 1. The van der Waals surface area contributed by atoms with Crippen LogP contribution >= 0.6 is 0 Å². The Bertz CT molecular complexity index is 778. The number of aliphatic carboxylic acids is 1.